The first-order valence-electron chi connectivity index (χ1n) is 6.28. The third-order valence-corrected chi connectivity index (χ3v) is 2.82. The molecular weight excluding hydrogens is 266 g/mol. The molecule has 0 heterocycles. The molecule has 0 aliphatic carbocycles. The van der Waals surface area contributed by atoms with Gasteiger partial charge in [0, 0.05) is 11.6 Å². The maximum absolute atomic E-state index is 11.7. The molecule has 0 fully saturated rings. The van der Waals surface area contributed by atoms with Gasteiger partial charge in [0.05, 0.1) is 11.8 Å². The van der Waals surface area contributed by atoms with E-state index in [0.29, 0.717) is 5.69 Å². The van der Waals surface area contributed by atoms with Gasteiger partial charge in [0.2, 0.25) is 0 Å². The first-order chi connectivity index (χ1) is 9.21. The molecule has 0 unspecified atom stereocenters. The third kappa shape index (κ3) is 5.26. The van der Waals surface area contributed by atoms with E-state index in [4.69, 9.17) is 11.6 Å². The molecule has 0 radical (unpaired) electrons. The maximum atomic E-state index is 11.7. The minimum absolute atomic E-state index is 0.0888. The highest BCUT2D eigenvalue weighted by Gasteiger charge is 2.13. The summed E-state index contributed by atoms with van der Waals surface area (Å²) >= 11 is 5.47. The summed E-state index contributed by atoms with van der Waals surface area (Å²) in [5.41, 5.74) is 1.86. The highest BCUT2D eigenvalue weighted by atomic mass is 35.5. The van der Waals surface area contributed by atoms with Crippen LogP contribution in [-0.4, -0.2) is 23.5 Å². The summed E-state index contributed by atoms with van der Waals surface area (Å²) in [6.45, 7) is 2.23. The van der Waals surface area contributed by atoms with E-state index in [1.54, 1.807) is 0 Å². The number of carbonyl (C=O) groups is 1. The molecule has 5 nitrogen and oxygen atoms in total. The van der Waals surface area contributed by atoms with Crippen molar-refractivity contribution in [1.82, 2.24) is 5.01 Å². The first kappa shape index (κ1) is 15.4. The summed E-state index contributed by atoms with van der Waals surface area (Å²) in [5.74, 6) is 0.162. The Bertz CT molecular complexity index is 409. The number of unbranched alkanes of at least 4 members (excludes halogenated alkanes) is 1. The number of hydrogen-bond acceptors (Lipinski definition) is 3. The second kappa shape index (κ2) is 8.48. The predicted octanol–water partition coefficient (Wildman–Crippen LogP) is 3.78. The van der Waals surface area contributed by atoms with Gasteiger partial charge < -0.3 is 5.32 Å². The number of nitroso groups, excluding NO2 is 1. The Kier molecular flexibility index (Phi) is 6.89. The number of amides is 2. The van der Waals surface area contributed by atoms with Crippen LogP contribution in [0.4, 0.5) is 10.5 Å². The Morgan fingerprint density at radius 2 is 2.05 bits per heavy atom. The molecule has 1 aromatic carbocycles. The van der Waals surface area contributed by atoms with Crippen LogP contribution < -0.4 is 5.32 Å². The van der Waals surface area contributed by atoms with Crippen molar-refractivity contribution in [2.75, 3.05) is 17.7 Å². The van der Waals surface area contributed by atoms with Crippen molar-refractivity contribution < 1.29 is 4.79 Å². The molecule has 1 rings (SSSR count). The van der Waals surface area contributed by atoms with Gasteiger partial charge in [0.1, 0.15) is 0 Å². The summed E-state index contributed by atoms with van der Waals surface area (Å²) in [6, 6.07) is 6.98. The van der Waals surface area contributed by atoms with E-state index in [9.17, 15) is 9.70 Å². The van der Waals surface area contributed by atoms with E-state index in [1.165, 1.54) is 5.56 Å². The number of nitrogens with zero attached hydrogens (tertiary/aromatic N) is 2. The van der Waals surface area contributed by atoms with E-state index < -0.39 is 6.03 Å². The highest BCUT2D eigenvalue weighted by Crippen LogP contribution is 2.12. The van der Waals surface area contributed by atoms with Gasteiger partial charge in [-0.25, -0.2) is 4.79 Å². The lowest BCUT2D eigenvalue weighted by atomic mass is 10.1. The largest absolute Gasteiger partial charge is 0.344 e. The topological polar surface area (TPSA) is 61.8 Å². The average Bonchev–Trinajstić information content (AvgIpc) is 2.43. The summed E-state index contributed by atoms with van der Waals surface area (Å²) in [4.78, 5) is 22.1. The van der Waals surface area contributed by atoms with Crippen LogP contribution in [0.15, 0.2) is 29.6 Å². The second-order valence-corrected chi connectivity index (χ2v) is 4.50. The lowest BCUT2D eigenvalue weighted by Crippen LogP contribution is -2.31. The summed E-state index contributed by atoms with van der Waals surface area (Å²) in [5, 5.41) is 5.98. The molecule has 19 heavy (non-hydrogen) atoms. The molecule has 0 saturated carbocycles. The summed E-state index contributed by atoms with van der Waals surface area (Å²) < 4.78 is 0. The quantitative estimate of drug-likeness (QED) is 0.470. The van der Waals surface area contributed by atoms with Crippen molar-refractivity contribution in [2.24, 2.45) is 5.29 Å². The predicted molar refractivity (Wildman–Crippen MR) is 77.3 cm³/mol. The van der Waals surface area contributed by atoms with Crippen molar-refractivity contribution in [3.05, 3.63) is 34.7 Å². The Labute approximate surface area is 117 Å². The van der Waals surface area contributed by atoms with Crippen LogP contribution >= 0.6 is 11.6 Å². The van der Waals surface area contributed by atoms with Gasteiger partial charge in [-0.2, -0.15) is 5.01 Å². The lowest BCUT2D eigenvalue weighted by Gasteiger charge is -2.13. The van der Waals surface area contributed by atoms with Crippen LogP contribution in [0.3, 0.4) is 0 Å². The molecule has 0 aromatic heterocycles. The van der Waals surface area contributed by atoms with Crippen molar-refractivity contribution in [3.8, 4) is 0 Å². The van der Waals surface area contributed by atoms with Crippen LogP contribution in [0.1, 0.15) is 25.3 Å². The number of carbonyl (C=O) groups excluding carboxylic acids is 1. The standard InChI is InChI=1S/C13H18ClN3O2/c1-2-3-4-11-5-7-12(8-6-11)15-13(18)17(16-19)10-9-14/h5-8H,2-4,9-10H2,1H3,(H,15,18). The van der Waals surface area contributed by atoms with Crippen LogP contribution in [0.5, 0.6) is 0 Å². The van der Waals surface area contributed by atoms with E-state index in [2.05, 4.69) is 17.5 Å². The summed E-state index contributed by atoms with van der Waals surface area (Å²) in [6.07, 6.45) is 3.32. The minimum Gasteiger partial charge on any atom is -0.306 e. The Hall–Kier alpha value is -1.62. The molecule has 0 aliphatic rings. The van der Waals surface area contributed by atoms with Gasteiger partial charge in [-0.1, -0.05) is 25.5 Å². The number of alkyl halides is 1. The summed E-state index contributed by atoms with van der Waals surface area (Å²) in [7, 11) is 0. The van der Waals surface area contributed by atoms with Crippen molar-refractivity contribution in [3.63, 3.8) is 0 Å². The maximum Gasteiger partial charge on any atom is 0.344 e. The SMILES string of the molecule is CCCCc1ccc(NC(=O)N(CCCl)N=O)cc1. The van der Waals surface area contributed by atoms with E-state index >= 15 is 0 Å². The second-order valence-electron chi connectivity index (χ2n) is 4.12. The normalized spacial score (nSPS) is 10.0. The molecule has 104 valence electrons. The van der Waals surface area contributed by atoms with Crippen LogP contribution in [-0.2, 0) is 6.42 Å². The minimum atomic E-state index is -0.572. The van der Waals surface area contributed by atoms with E-state index in [1.807, 2.05) is 24.3 Å². The van der Waals surface area contributed by atoms with Crippen molar-refractivity contribution in [1.29, 1.82) is 0 Å². The van der Waals surface area contributed by atoms with Gasteiger partial charge in [0.15, 0.2) is 0 Å². The molecule has 0 aliphatic heterocycles. The first-order valence-corrected chi connectivity index (χ1v) is 6.81. The zero-order valence-corrected chi connectivity index (χ0v) is 11.7. The number of anilines is 1. The Balaban J connectivity index is 2.56. The molecule has 6 heteroatoms. The molecule has 0 saturated heterocycles. The van der Waals surface area contributed by atoms with Gasteiger partial charge >= 0.3 is 6.03 Å². The lowest BCUT2D eigenvalue weighted by molar-refractivity contribution is 0.216. The smallest absolute Gasteiger partial charge is 0.306 e. The number of urea groups is 1. The Morgan fingerprint density at radius 1 is 1.37 bits per heavy atom. The monoisotopic (exact) mass is 283 g/mol. The van der Waals surface area contributed by atoms with Crippen LogP contribution in [0, 0.1) is 4.91 Å². The molecular formula is C13H18ClN3O2. The number of aryl methyl sites for hydroxylation is 1. The fraction of sp³-hybridized carbons (Fsp3) is 0.462. The fourth-order valence-electron chi connectivity index (χ4n) is 1.58. The van der Waals surface area contributed by atoms with E-state index in [-0.39, 0.29) is 12.4 Å². The molecule has 2 amide bonds. The highest BCUT2D eigenvalue weighted by molar-refractivity contribution is 6.18. The number of hydrogen-bond donors (Lipinski definition) is 1. The molecule has 0 spiro atoms. The number of rotatable bonds is 7. The molecule has 1 aromatic rings. The average molecular weight is 284 g/mol. The van der Waals surface area contributed by atoms with Gasteiger partial charge in [-0.3, -0.25) is 0 Å². The van der Waals surface area contributed by atoms with Gasteiger partial charge in [-0.05, 0) is 30.5 Å². The molecule has 0 atom stereocenters. The van der Waals surface area contributed by atoms with Crippen molar-refractivity contribution in [2.45, 2.75) is 26.2 Å². The van der Waals surface area contributed by atoms with Crippen LogP contribution in [0.2, 0.25) is 0 Å². The third-order valence-electron chi connectivity index (χ3n) is 2.65. The number of benzene rings is 1. The zero-order chi connectivity index (χ0) is 14.1. The van der Waals surface area contributed by atoms with E-state index in [0.717, 1.165) is 24.3 Å². The van der Waals surface area contributed by atoms with Crippen molar-refractivity contribution >= 4 is 23.3 Å². The Morgan fingerprint density at radius 3 is 2.58 bits per heavy atom. The number of halogens is 1. The zero-order valence-electron chi connectivity index (χ0n) is 10.9. The molecule has 0 bridgehead atoms. The van der Waals surface area contributed by atoms with Gasteiger partial charge in [-0.15, -0.1) is 16.5 Å². The van der Waals surface area contributed by atoms with Gasteiger partial charge in [0.25, 0.3) is 0 Å². The molecule has 1 N–H and O–H groups in total. The number of nitrogens with one attached hydrogen (secondary N) is 1. The van der Waals surface area contributed by atoms with Crippen LogP contribution in [0.25, 0.3) is 0 Å². The fourth-order valence-corrected chi connectivity index (χ4v) is 1.74.